The highest BCUT2D eigenvalue weighted by Crippen LogP contribution is 2.48. The van der Waals surface area contributed by atoms with E-state index in [0.29, 0.717) is 71.2 Å². The van der Waals surface area contributed by atoms with Crippen molar-refractivity contribution in [1.29, 1.82) is 0 Å². The number of aromatic nitrogens is 2. The molecule has 0 saturated heterocycles. The molecule has 2 aromatic heterocycles. The number of unbranched alkanes of at least 4 members (excludes halogenated alkanes) is 11. The highest BCUT2D eigenvalue weighted by Gasteiger charge is 2.29. The molecule has 0 unspecified atom stereocenters. The average Bonchev–Trinajstić information content (AvgIpc) is 3.59. The number of hydrogen-bond acceptors (Lipinski definition) is 4. The van der Waals surface area contributed by atoms with Crippen LogP contribution in [-0.2, 0) is 10.8 Å². The minimum atomic E-state index is -0.430. The second kappa shape index (κ2) is 25.7. The molecule has 0 aliphatic heterocycles. The third-order valence-electron chi connectivity index (χ3n) is 17.2. The molecule has 0 aliphatic rings. The summed E-state index contributed by atoms with van der Waals surface area (Å²) in [6.45, 7) is 14.2. The number of phenolic OH excluding ortho intramolecular Hbond substituents is 2. The maximum atomic E-state index is 15.6. The summed E-state index contributed by atoms with van der Waals surface area (Å²) in [5, 5.41) is 29.6. The second-order valence-corrected chi connectivity index (χ2v) is 24.0. The first-order valence-corrected chi connectivity index (χ1v) is 30.4. The molecule has 0 spiro atoms. The summed E-state index contributed by atoms with van der Waals surface area (Å²) in [5.74, 6) is 0.160. The molecule has 2 heterocycles. The van der Waals surface area contributed by atoms with E-state index in [1.54, 1.807) is 12.1 Å². The Morgan fingerprint density at radius 1 is 0.378 bits per heavy atom. The Labute approximate surface area is 484 Å². The zero-order chi connectivity index (χ0) is 57.4. The van der Waals surface area contributed by atoms with Crippen molar-refractivity contribution in [3.63, 3.8) is 0 Å². The van der Waals surface area contributed by atoms with Crippen molar-refractivity contribution in [1.82, 2.24) is 9.13 Å². The van der Waals surface area contributed by atoms with Gasteiger partial charge in [0, 0.05) is 43.8 Å². The van der Waals surface area contributed by atoms with Gasteiger partial charge >= 0.3 is 0 Å². The number of phenols is 2. The molecule has 0 atom stereocenters. The second-order valence-electron chi connectivity index (χ2n) is 24.0. The van der Waals surface area contributed by atoms with Crippen LogP contribution in [0.5, 0.6) is 23.0 Å². The largest absolute Gasteiger partial charge is 0.505 e. The third-order valence-corrected chi connectivity index (χ3v) is 17.2. The fourth-order valence-corrected chi connectivity index (χ4v) is 12.4. The molecule has 0 bridgehead atoms. The molecule has 8 aromatic carbocycles. The predicted molar refractivity (Wildman–Crippen MR) is 338 cm³/mol. The van der Waals surface area contributed by atoms with E-state index in [0.717, 1.165) is 93.3 Å². The molecule has 82 heavy (non-hydrogen) atoms. The normalized spacial score (nSPS) is 12.1. The molecule has 10 rings (SSSR count). The standard InChI is InChI=1S/C74H82F2N2O4/c1-7-9-11-13-15-25-41-73(3,4)51-45-61(71(79)67(47-51)77-63-33-21-17-29-55(63)56-30-18-22-34-64(56)77)59-49-53(75)37-39-69(59)81-43-27-28-44-82-70-40-38-54(76)50-60(70)62-46-52(74(5,6)42-26-16-14-12-10-8-2)48-68(72(62)80)78-65-35-23-19-31-57(65)58-32-20-24-36-66(58)78/h17-24,29-40,45-50,79-80H,7-16,25-28,41-44H2,1-6H3. The molecule has 0 aliphatic carbocycles. The average molecular weight is 1100 g/mol. The zero-order valence-electron chi connectivity index (χ0n) is 49.1. The topological polar surface area (TPSA) is 68.8 Å². The summed E-state index contributed by atoms with van der Waals surface area (Å²) in [7, 11) is 0. The Kier molecular flexibility index (Phi) is 18.1. The Bertz CT molecular complexity index is 3470. The molecule has 0 saturated carbocycles. The minimum absolute atomic E-state index is 0.0460. The monoisotopic (exact) mass is 1100 g/mol. The maximum absolute atomic E-state index is 15.6. The molecule has 0 amide bonds. The molecule has 6 nitrogen and oxygen atoms in total. The van der Waals surface area contributed by atoms with Crippen molar-refractivity contribution in [3.05, 3.63) is 180 Å². The van der Waals surface area contributed by atoms with Crippen molar-refractivity contribution in [2.24, 2.45) is 0 Å². The number of aromatic hydroxyl groups is 2. The first-order valence-electron chi connectivity index (χ1n) is 30.4. The first kappa shape index (κ1) is 57.6. The van der Waals surface area contributed by atoms with Crippen LogP contribution in [0.2, 0.25) is 0 Å². The summed E-state index contributed by atoms with van der Waals surface area (Å²) >= 11 is 0. The smallest absolute Gasteiger partial charge is 0.147 e. The van der Waals surface area contributed by atoms with Gasteiger partial charge in [-0.2, -0.15) is 0 Å². The van der Waals surface area contributed by atoms with Gasteiger partial charge in [0.2, 0.25) is 0 Å². The van der Waals surface area contributed by atoms with Crippen LogP contribution in [-0.4, -0.2) is 32.6 Å². The van der Waals surface area contributed by atoms with E-state index < -0.39 is 11.6 Å². The van der Waals surface area contributed by atoms with Crippen molar-refractivity contribution >= 4 is 43.6 Å². The highest BCUT2D eigenvalue weighted by atomic mass is 19.1. The van der Waals surface area contributed by atoms with Crippen molar-refractivity contribution in [2.75, 3.05) is 13.2 Å². The zero-order valence-corrected chi connectivity index (χ0v) is 49.1. The van der Waals surface area contributed by atoms with Gasteiger partial charge in [-0.25, -0.2) is 8.78 Å². The number of nitrogens with zero attached hydrogens (tertiary/aromatic N) is 2. The lowest BCUT2D eigenvalue weighted by atomic mass is 9.78. The molecule has 2 N–H and O–H groups in total. The van der Waals surface area contributed by atoms with Crippen LogP contribution in [0.3, 0.4) is 0 Å². The number of halogens is 2. The Morgan fingerprint density at radius 2 is 0.707 bits per heavy atom. The summed E-state index contributed by atoms with van der Waals surface area (Å²) < 4.78 is 48.7. The van der Waals surface area contributed by atoms with E-state index in [1.807, 2.05) is 60.7 Å². The number of fused-ring (bicyclic) bond motifs is 6. The maximum Gasteiger partial charge on any atom is 0.147 e. The van der Waals surface area contributed by atoms with Crippen LogP contribution in [0.1, 0.15) is 155 Å². The number of rotatable bonds is 27. The van der Waals surface area contributed by atoms with E-state index in [9.17, 15) is 10.2 Å². The van der Waals surface area contributed by atoms with Gasteiger partial charge in [0.1, 0.15) is 34.6 Å². The van der Waals surface area contributed by atoms with Gasteiger partial charge in [0.25, 0.3) is 0 Å². The van der Waals surface area contributed by atoms with Crippen LogP contribution < -0.4 is 9.47 Å². The van der Waals surface area contributed by atoms with Crippen molar-refractivity contribution < 1.29 is 28.5 Å². The van der Waals surface area contributed by atoms with E-state index in [2.05, 4.69) is 111 Å². The summed E-state index contributed by atoms with van der Waals surface area (Å²) in [6.07, 6.45) is 17.4. The van der Waals surface area contributed by atoms with Gasteiger partial charge in [0.15, 0.2) is 0 Å². The van der Waals surface area contributed by atoms with Crippen molar-refractivity contribution in [2.45, 2.75) is 155 Å². The van der Waals surface area contributed by atoms with Crippen LogP contribution in [0.4, 0.5) is 8.78 Å². The third kappa shape index (κ3) is 12.3. The summed E-state index contributed by atoms with van der Waals surface area (Å²) in [6, 6.07) is 50.5. The molecule has 0 fully saturated rings. The van der Waals surface area contributed by atoms with E-state index in [4.69, 9.17) is 9.47 Å². The van der Waals surface area contributed by atoms with Gasteiger partial charge < -0.3 is 28.8 Å². The molecule has 426 valence electrons. The fourth-order valence-electron chi connectivity index (χ4n) is 12.4. The molecule has 8 heteroatoms. The van der Waals surface area contributed by atoms with Gasteiger partial charge in [-0.05, 0) is 133 Å². The van der Waals surface area contributed by atoms with Crippen molar-refractivity contribution in [3.8, 4) is 56.6 Å². The number of para-hydroxylation sites is 4. The summed E-state index contributed by atoms with van der Waals surface area (Å²) in [4.78, 5) is 0. The predicted octanol–water partition coefficient (Wildman–Crippen LogP) is 21.2. The summed E-state index contributed by atoms with van der Waals surface area (Å²) in [5.41, 5.74) is 8.69. The Morgan fingerprint density at radius 3 is 1.06 bits per heavy atom. The SMILES string of the molecule is CCCCCCCCC(C)(C)c1cc(-c2cc(F)ccc2OCCCCOc2ccc(F)cc2-c2cc(C(C)(C)CCCCCCCC)cc(-n3c4ccccc4c4ccccc43)c2O)c(O)c(-n2c3ccccc3c3ccccc32)c1. The molecule has 0 radical (unpaired) electrons. The van der Waals surface area contributed by atoms with E-state index in [-0.39, 0.29) is 22.3 Å². The van der Waals surface area contributed by atoms with Crippen LogP contribution >= 0.6 is 0 Å². The highest BCUT2D eigenvalue weighted by molar-refractivity contribution is 6.10. The molecular formula is C74H82F2N2O4. The van der Waals surface area contributed by atoms with Gasteiger partial charge in [-0.3, -0.25) is 0 Å². The Hall–Kier alpha value is -7.58. The van der Waals surface area contributed by atoms with Crippen LogP contribution in [0.25, 0.3) is 77.2 Å². The van der Waals surface area contributed by atoms with Gasteiger partial charge in [-0.1, -0.05) is 191 Å². The minimum Gasteiger partial charge on any atom is -0.505 e. The van der Waals surface area contributed by atoms with Gasteiger partial charge in [-0.15, -0.1) is 0 Å². The fraction of sp³-hybridized carbons (Fsp3) is 0.351. The molecule has 10 aromatic rings. The lowest BCUT2D eigenvalue weighted by Crippen LogP contribution is -2.18. The first-order chi connectivity index (χ1) is 39.8. The van der Waals surface area contributed by atoms with E-state index in [1.165, 1.54) is 75.6 Å². The van der Waals surface area contributed by atoms with Crippen LogP contribution in [0.15, 0.2) is 158 Å². The van der Waals surface area contributed by atoms with E-state index >= 15 is 8.78 Å². The number of hydrogen-bond donors (Lipinski definition) is 2. The molecular weight excluding hydrogens is 1020 g/mol. The quantitative estimate of drug-likeness (QED) is 0.0504. The lowest BCUT2D eigenvalue weighted by Gasteiger charge is -2.28. The number of benzene rings is 8. The lowest BCUT2D eigenvalue weighted by molar-refractivity contribution is 0.267. The van der Waals surface area contributed by atoms with Crippen LogP contribution in [0, 0.1) is 11.6 Å². The number of ether oxygens (including phenoxy) is 2. The Balaban J connectivity index is 0.926. The van der Waals surface area contributed by atoms with Gasteiger partial charge in [0.05, 0.1) is 46.7 Å².